The van der Waals surface area contributed by atoms with Gasteiger partial charge in [0.1, 0.15) is 0 Å². The Kier molecular flexibility index (Phi) is 6.13. The lowest BCUT2D eigenvalue weighted by Crippen LogP contribution is -2.22. The predicted molar refractivity (Wildman–Crippen MR) is 130 cm³/mol. The standard InChI is InChI=1S/C28H24N2O2/c1-21(31)29(25-9-5-3-6-10-25)27-17-13-23(14-18-27)24-15-19-28(20-16-24)30(22(2)32)26-11-7-4-8-12-26/h3-20H,1-2H3. The Balaban J connectivity index is 1.60. The number of hydrogen-bond acceptors (Lipinski definition) is 2. The minimum atomic E-state index is -0.0430. The molecular formula is C28H24N2O2. The van der Waals surface area contributed by atoms with Gasteiger partial charge < -0.3 is 0 Å². The molecule has 4 aromatic carbocycles. The first kappa shape index (κ1) is 21.1. The maximum absolute atomic E-state index is 12.3. The molecular weight excluding hydrogens is 396 g/mol. The average Bonchev–Trinajstić information content (AvgIpc) is 2.81. The number of anilines is 4. The highest BCUT2D eigenvalue weighted by Crippen LogP contribution is 2.31. The van der Waals surface area contributed by atoms with Crippen LogP contribution in [-0.2, 0) is 9.59 Å². The lowest BCUT2D eigenvalue weighted by Gasteiger charge is -2.22. The highest BCUT2D eigenvalue weighted by Gasteiger charge is 2.15. The third-order valence-corrected chi connectivity index (χ3v) is 5.24. The lowest BCUT2D eigenvalue weighted by molar-refractivity contribution is -0.116. The van der Waals surface area contributed by atoms with Gasteiger partial charge in [-0.3, -0.25) is 19.4 Å². The van der Waals surface area contributed by atoms with Crippen molar-refractivity contribution in [2.24, 2.45) is 0 Å². The van der Waals surface area contributed by atoms with E-state index in [1.165, 1.54) is 0 Å². The van der Waals surface area contributed by atoms with E-state index in [9.17, 15) is 9.59 Å². The smallest absolute Gasteiger partial charge is 0.228 e. The summed E-state index contributed by atoms with van der Waals surface area (Å²) in [6.07, 6.45) is 0. The molecule has 0 aliphatic carbocycles. The minimum Gasteiger partial charge on any atom is -0.281 e. The highest BCUT2D eigenvalue weighted by molar-refractivity contribution is 6.00. The van der Waals surface area contributed by atoms with E-state index in [0.29, 0.717) is 0 Å². The molecule has 0 atom stereocenters. The van der Waals surface area contributed by atoms with Gasteiger partial charge >= 0.3 is 0 Å². The Labute approximate surface area is 188 Å². The molecule has 0 radical (unpaired) electrons. The molecule has 0 saturated heterocycles. The minimum absolute atomic E-state index is 0.0430. The van der Waals surface area contributed by atoms with Crippen molar-refractivity contribution in [2.75, 3.05) is 9.80 Å². The van der Waals surface area contributed by atoms with Crippen LogP contribution < -0.4 is 9.80 Å². The molecule has 4 rings (SSSR count). The van der Waals surface area contributed by atoms with Crippen LogP contribution in [0, 0.1) is 0 Å². The molecule has 0 aromatic heterocycles. The SMILES string of the molecule is CC(=O)N(c1ccccc1)c1ccc(-c2ccc(N(C(C)=O)c3ccccc3)cc2)cc1. The van der Waals surface area contributed by atoms with Crippen molar-refractivity contribution in [2.45, 2.75) is 13.8 Å². The van der Waals surface area contributed by atoms with Crippen molar-refractivity contribution in [1.82, 2.24) is 0 Å². The third-order valence-electron chi connectivity index (χ3n) is 5.24. The zero-order chi connectivity index (χ0) is 22.5. The Hall–Kier alpha value is -4.18. The summed E-state index contributed by atoms with van der Waals surface area (Å²) in [5.41, 5.74) is 5.37. The van der Waals surface area contributed by atoms with Crippen molar-refractivity contribution >= 4 is 34.6 Å². The lowest BCUT2D eigenvalue weighted by atomic mass is 10.0. The van der Waals surface area contributed by atoms with Crippen LogP contribution in [0.15, 0.2) is 109 Å². The van der Waals surface area contributed by atoms with Gasteiger partial charge in [-0.05, 0) is 59.7 Å². The van der Waals surface area contributed by atoms with E-state index in [2.05, 4.69) is 0 Å². The Bertz CT molecular complexity index is 1100. The second-order valence-corrected chi connectivity index (χ2v) is 7.47. The molecule has 0 spiro atoms. The second-order valence-electron chi connectivity index (χ2n) is 7.47. The van der Waals surface area contributed by atoms with Crippen LogP contribution in [0.3, 0.4) is 0 Å². The van der Waals surface area contributed by atoms with E-state index < -0.39 is 0 Å². The number of carbonyl (C=O) groups excluding carboxylic acids is 2. The maximum Gasteiger partial charge on any atom is 0.228 e. The zero-order valence-corrected chi connectivity index (χ0v) is 18.1. The fourth-order valence-corrected chi connectivity index (χ4v) is 3.79. The molecule has 32 heavy (non-hydrogen) atoms. The van der Waals surface area contributed by atoms with Crippen LogP contribution in [0.2, 0.25) is 0 Å². The van der Waals surface area contributed by atoms with Crippen molar-refractivity contribution < 1.29 is 9.59 Å². The number of nitrogens with zero attached hydrogens (tertiary/aromatic N) is 2. The van der Waals surface area contributed by atoms with Crippen molar-refractivity contribution in [3.8, 4) is 11.1 Å². The number of benzene rings is 4. The molecule has 0 bridgehead atoms. The molecule has 4 nitrogen and oxygen atoms in total. The van der Waals surface area contributed by atoms with E-state index in [0.717, 1.165) is 33.9 Å². The van der Waals surface area contributed by atoms with Gasteiger partial charge in [0.05, 0.1) is 0 Å². The topological polar surface area (TPSA) is 40.6 Å². The van der Waals surface area contributed by atoms with E-state index in [1.54, 1.807) is 23.6 Å². The first-order chi connectivity index (χ1) is 15.5. The number of para-hydroxylation sites is 2. The van der Waals surface area contributed by atoms with E-state index in [4.69, 9.17) is 0 Å². The summed E-state index contributed by atoms with van der Waals surface area (Å²) in [6.45, 7) is 3.13. The molecule has 4 aromatic rings. The van der Waals surface area contributed by atoms with Gasteiger partial charge in [0.25, 0.3) is 0 Å². The Morgan fingerprint density at radius 2 is 0.719 bits per heavy atom. The monoisotopic (exact) mass is 420 g/mol. The predicted octanol–water partition coefficient (Wildman–Crippen LogP) is 6.72. The van der Waals surface area contributed by atoms with Gasteiger partial charge in [-0.25, -0.2) is 0 Å². The first-order valence-corrected chi connectivity index (χ1v) is 10.5. The average molecular weight is 421 g/mol. The van der Waals surface area contributed by atoms with Crippen LogP contribution >= 0.6 is 0 Å². The van der Waals surface area contributed by atoms with Gasteiger partial charge in [-0.15, -0.1) is 0 Å². The summed E-state index contributed by atoms with van der Waals surface area (Å²) in [7, 11) is 0. The fraction of sp³-hybridized carbons (Fsp3) is 0.0714. The van der Waals surface area contributed by atoms with Crippen LogP contribution in [0.1, 0.15) is 13.8 Å². The molecule has 158 valence electrons. The molecule has 0 heterocycles. The van der Waals surface area contributed by atoms with Crippen LogP contribution in [-0.4, -0.2) is 11.8 Å². The normalized spacial score (nSPS) is 10.4. The quantitative estimate of drug-likeness (QED) is 0.359. The first-order valence-electron chi connectivity index (χ1n) is 10.5. The Morgan fingerprint density at radius 3 is 1.00 bits per heavy atom. The summed E-state index contributed by atoms with van der Waals surface area (Å²) in [5.74, 6) is -0.0860. The van der Waals surface area contributed by atoms with Gasteiger partial charge in [0.15, 0.2) is 0 Å². The Morgan fingerprint density at radius 1 is 0.438 bits per heavy atom. The summed E-state index contributed by atoms with van der Waals surface area (Å²) in [5, 5.41) is 0. The summed E-state index contributed by atoms with van der Waals surface area (Å²) in [4.78, 5) is 27.9. The van der Waals surface area contributed by atoms with Gasteiger partial charge in [0.2, 0.25) is 11.8 Å². The van der Waals surface area contributed by atoms with Crippen molar-refractivity contribution in [1.29, 1.82) is 0 Å². The van der Waals surface area contributed by atoms with E-state index >= 15 is 0 Å². The van der Waals surface area contributed by atoms with E-state index in [1.807, 2.05) is 109 Å². The fourth-order valence-electron chi connectivity index (χ4n) is 3.79. The van der Waals surface area contributed by atoms with Crippen molar-refractivity contribution in [3.63, 3.8) is 0 Å². The van der Waals surface area contributed by atoms with Gasteiger partial charge in [-0.2, -0.15) is 0 Å². The molecule has 0 fully saturated rings. The number of rotatable bonds is 5. The largest absolute Gasteiger partial charge is 0.281 e. The second kappa shape index (κ2) is 9.31. The van der Waals surface area contributed by atoms with Crippen LogP contribution in [0.25, 0.3) is 11.1 Å². The van der Waals surface area contributed by atoms with Gasteiger partial charge in [-0.1, -0.05) is 60.7 Å². The van der Waals surface area contributed by atoms with E-state index in [-0.39, 0.29) is 11.8 Å². The molecule has 0 unspecified atom stereocenters. The summed E-state index contributed by atoms with van der Waals surface area (Å²) >= 11 is 0. The summed E-state index contributed by atoms with van der Waals surface area (Å²) in [6, 6.07) is 35.0. The highest BCUT2D eigenvalue weighted by atomic mass is 16.2. The molecule has 0 aliphatic heterocycles. The number of hydrogen-bond donors (Lipinski definition) is 0. The zero-order valence-electron chi connectivity index (χ0n) is 18.1. The number of amides is 2. The maximum atomic E-state index is 12.3. The van der Waals surface area contributed by atoms with Crippen molar-refractivity contribution in [3.05, 3.63) is 109 Å². The van der Waals surface area contributed by atoms with Crippen LogP contribution in [0.5, 0.6) is 0 Å². The summed E-state index contributed by atoms with van der Waals surface area (Å²) < 4.78 is 0. The molecule has 4 heteroatoms. The van der Waals surface area contributed by atoms with Crippen LogP contribution in [0.4, 0.5) is 22.7 Å². The molecule has 2 amide bonds. The molecule has 0 saturated carbocycles. The molecule has 0 N–H and O–H groups in total. The third kappa shape index (κ3) is 4.44. The number of carbonyl (C=O) groups is 2. The van der Waals surface area contributed by atoms with Gasteiger partial charge in [0, 0.05) is 36.6 Å². The molecule has 0 aliphatic rings.